The maximum Gasteiger partial charge on any atom is 0.412 e. The van der Waals surface area contributed by atoms with Crippen LogP contribution in [0.3, 0.4) is 0 Å². The van der Waals surface area contributed by atoms with Crippen molar-refractivity contribution in [3.05, 3.63) is 30.3 Å². The third-order valence-corrected chi connectivity index (χ3v) is 2.41. The van der Waals surface area contributed by atoms with Crippen molar-refractivity contribution in [2.75, 3.05) is 13.2 Å². The molecule has 0 bridgehead atoms. The Morgan fingerprint density at radius 3 is 2.76 bits per heavy atom. The van der Waals surface area contributed by atoms with Crippen LogP contribution in [0.5, 0.6) is 5.75 Å². The fraction of sp³-hybridized carbons (Fsp3) is 0.462. The van der Waals surface area contributed by atoms with Gasteiger partial charge in [-0.05, 0) is 30.9 Å². The SMILES string of the molecule is CC(CO)CCCNC(=O)Oc1ccccc1. The minimum absolute atomic E-state index is 0.189. The summed E-state index contributed by atoms with van der Waals surface area (Å²) in [5.74, 6) is 0.815. The topological polar surface area (TPSA) is 58.6 Å². The van der Waals surface area contributed by atoms with Crippen molar-refractivity contribution in [1.82, 2.24) is 5.32 Å². The molecule has 0 fully saturated rings. The van der Waals surface area contributed by atoms with E-state index in [0.29, 0.717) is 12.3 Å². The van der Waals surface area contributed by atoms with E-state index in [9.17, 15) is 4.79 Å². The molecule has 0 aromatic heterocycles. The van der Waals surface area contributed by atoms with Crippen LogP contribution in [0, 0.1) is 5.92 Å². The van der Waals surface area contributed by atoms with Crippen molar-refractivity contribution < 1.29 is 14.6 Å². The Hall–Kier alpha value is -1.55. The molecule has 0 saturated heterocycles. The van der Waals surface area contributed by atoms with Gasteiger partial charge in [-0.3, -0.25) is 0 Å². The number of ether oxygens (including phenoxy) is 1. The molecule has 0 heterocycles. The number of carbonyl (C=O) groups excluding carboxylic acids is 1. The Balaban J connectivity index is 2.14. The van der Waals surface area contributed by atoms with Crippen LogP contribution in [0.15, 0.2) is 30.3 Å². The van der Waals surface area contributed by atoms with Gasteiger partial charge in [0.25, 0.3) is 0 Å². The molecule has 4 nitrogen and oxygen atoms in total. The number of benzene rings is 1. The van der Waals surface area contributed by atoms with Gasteiger partial charge in [0, 0.05) is 13.2 Å². The first-order valence-electron chi connectivity index (χ1n) is 5.84. The molecule has 4 heteroatoms. The van der Waals surface area contributed by atoms with Gasteiger partial charge in [0.05, 0.1) is 0 Å². The highest BCUT2D eigenvalue weighted by molar-refractivity contribution is 5.70. The zero-order valence-corrected chi connectivity index (χ0v) is 10.1. The summed E-state index contributed by atoms with van der Waals surface area (Å²) in [7, 11) is 0. The first-order chi connectivity index (χ1) is 8.22. The number of hydrogen-bond acceptors (Lipinski definition) is 3. The van der Waals surface area contributed by atoms with Crippen molar-refractivity contribution in [3.8, 4) is 5.75 Å². The third-order valence-electron chi connectivity index (χ3n) is 2.41. The largest absolute Gasteiger partial charge is 0.412 e. The van der Waals surface area contributed by atoms with Crippen LogP contribution in [0.4, 0.5) is 4.79 Å². The number of amides is 1. The van der Waals surface area contributed by atoms with Crippen LogP contribution in [-0.2, 0) is 0 Å². The minimum atomic E-state index is -0.437. The fourth-order valence-electron chi connectivity index (χ4n) is 1.36. The van der Waals surface area contributed by atoms with Crippen LogP contribution in [0.25, 0.3) is 0 Å². The fourth-order valence-corrected chi connectivity index (χ4v) is 1.36. The van der Waals surface area contributed by atoms with Gasteiger partial charge in [-0.15, -0.1) is 0 Å². The molecule has 1 rings (SSSR count). The molecule has 94 valence electrons. The van der Waals surface area contributed by atoms with Gasteiger partial charge in [0.15, 0.2) is 0 Å². The number of rotatable bonds is 6. The average molecular weight is 237 g/mol. The second-order valence-corrected chi connectivity index (χ2v) is 4.06. The summed E-state index contributed by atoms with van der Waals surface area (Å²) in [6, 6.07) is 8.94. The van der Waals surface area contributed by atoms with Crippen molar-refractivity contribution in [3.63, 3.8) is 0 Å². The lowest BCUT2D eigenvalue weighted by Crippen LogP contribution is -2.28. The van der Waals surface area contributed by atoms with Gasteiger partial charge >= 0.3 is 6.09 Å². The second kappa shape index (κ2) is 7.68. The summed E-state index contributed by atoms with van der Waals surface area (Å²) < 4.78 is 5.05. The van der Waals surface area contributed by atoms with E-state index in [1.54, 1.807) is 12.1 Å². The minimum Gasteiger partial charge on any atom is -0.410 e. The van der Waals surface area contributed by atoms with E-state index in [2.05, 4.69) is 5.32 Å². The molecule has 0 aliphatic heterocycles. The number of carbonyl (C=O) groups is 1. The van der Waals surface area contributed by atoms with Crippen LogP contribution in [-0.4, -0.2) is 24.4 Å². The number of aliphatic hydroxyl groups is 1. The summed E-state index contributed by atoms with van der Waals surface area (Å²) in [5, 5.41) is 11.5. The van der Waals surface area contributed by atoms with E-state index in [1.165, 1.54) is 0 Å². The summed E-state index contributed by atoms with van der Waals surface area (Å²) in [6.07, 6.45) is 1.29. The van der Waals surface area contributed by atoms with E-state index < -0.39 is 6.09 Å². The molecule has 0 saturated carbocycles. The number of nitrogens with one attached hydrogen (secondary N) is 1. The summed E-state index contributed by atoms with van der Waals surface area (Å²) in [5.41, 5.74) is 0. The molecule has 0 aliphatic carbocycles. The standard InChI is InChI=1S/C13H19NO3/c1-11(10-15)6-5-9-14-13(16)17-12-7-3-2-4-8-12/h2-4,7-8,11,15H,5-6,9-10H2,1H3,(H,14,16). The quantitative estimate of drug-likeness (QED) is 0.745. The van der Waals surface area contributed by atoms with Gasteiger partial charge < -0.3 is 15.2 Å². The van der Waals surface area contributed by atoms with Crippen LogP contribution in [0.2, 0.25) is 0 Å². The predicted octanol–water partition coefficient (Wildman–Crippen LogP) is 2.18. The molecule has 0 aliphatic rings. The second-order valence-electron chi connectivity index (χ2n) is 4.06. The molecule has 1 unspecified atom stereocenters. The molecule has 1 amide bonds. The molecule has 1 aromatic carbocycles. The lowest BCUT2D eigenvalue weighted by Gasteiger charge is -2.08. The number of aliphatic hydroxyl groups excluding tert-OH is 1. The highest BCUT2D eigenvalue weighted by Crippen LogP contribution is 2.08. The maximum atomic E-state index is 11.3. The number of hydrogen-bond donors (Lipinski definition) is 2. The van der Waals surface area contributed by atoms with E-state index in [1.807, 2.05) is 25.1 Å². The molecule has 2 N–H and O–H groups in total. The Bertz CT molecular complexity index is 327. The highest BCUT2D eigenvalue weighted by atomic mass is 16.5. The first kappa shape index (κ1) is 13.5. The van der Waals surface area contributed by atoms with Crippen molar-refractivity contribution in [2.24, 2.45) is 5.92 Å². The van der Waals surface area contributed by atoms with Crippen LogP contribution >= 0.6 is 0 Å². The molecule has 1 aromatic rings. The van der Waals surface area contributed by atoms with Gasteiger partial charge in [0.1, 0.15) is 5.75 Å². The molecule has 17 heavy (non-hydrogen) atoms. The molecule has 0 radical (unpaired) electrons. The average Bonchev–Trinajstić information content (AvgIpc) is 2.35. The maximum absolute atomic E-state index is 11.3. The monoisotopic (exact) mass is 237 g/mol. The zero-order chi connectivity index (χ0) is 12.5. The van der Waals surface area contributed by atoms with Crippen LogP contribution in [0.1, 0.15) is 19.8 Å². The van der Waals surface area contributed by atoms with Gasteiger partial charge in [-0.1, -0.05) is 25.1 Å². The van der Waals surface area contributed by atoms with Crippen molar-refractivity contribution in [1.29, 1.82) is 0 Å². The Morgan fingerprint density at radius 2 is 2.12 bits per heavy atom. The van der Waals surface area contributed by atoms with E-state index >= 15 is 0 Å². The Labute approximate surface area is 102 Å². The molecule has 0 spiro atoms. The van der Waals surface area contributed by atoms with E-state index in [0.717, 1.165) is 12.8 Å². The smallest absolute Gasteiger partial charge is 0.410 e. The normalized spacial score (nSPS) is 11.9. The Kier molecular flexibility index (Phi) is 6.10. The van der Waals surface area contributed by atoms with Crippen molar-refractivity contribution in [2.45, 2.75) is 19.8 Å². The third kappa shape index (κ3) is 5.92. The lowest BCUT2D eigenvalue weighted by molar-refractivity contribution is 0.199. The zero-order valence-electron chi connectivity index (χ0n) is 10.1. The predicted molar refractivity (Wildman–Crippen MR) is 66.0 cm³/mol. The van der Waals surface area contributed by atoms with Gasteiger partial charge in [0.2, 0.25) is 0 Å². The Morgan fingerprint density at radius 1 is 1.41 bits per heavy atom. The van der Waals surface area contributed by atoms with E-state index in [4.69, 9.17) is 9.84 Å². The number of para-hydroxylation sites is 1. The summed E-state index contributed by atoms with van der Waals surface area (Å²) in [4.78, 5) is 11.3. The highest BCUT2D eigenvalue weighted by Gasteiger charge is 2.04. The lowest BCUT2D eigenvalue weighted by atomic mass is 10.1. The summed E-state index contributed by atoms with van der Waals surface area (Å²) >= 11 is 0. The molecular formula is C13H19NO3. The molecular weight excluding hydrogens is 218 g/mol. The van der Waals surface area contributed by atoms with E-state index in [-0.39, 0.29) is 12.5 Å². The summed E-state index contributed by atoms with van der Waals surface area (Å²) in [6.45, 7) is 2.73. The first-order valence-corrected chi connectivity index (χ1v) is 5.84. The van der Waals surface area contributed by atoms with Gasteiger partial charge in [-0.2, -0.15) is 0 Å². The molecule has 1 atom stereocenters. The van der Waals surface area contributed by atoms with Crippen LogP contribution < -0.4 is 10.1 Å². The van der Waals surface area contributed by atoms with Crippen molar-refractivity contribution >= 4 is 6.09 Å². The van der Waals surface area contributed by atoms with Gasteiger partial charge in [-0.25, -0.2) is 4.79 Å².